The van der Waals surface area contributed by atoms with Crippen LogP contribution in [0.3, 0.4) is 0 Å². The monoisotopic (exact) mass is 245 g/mol. The molecule has 2 N–H and O–H groups in total. The minimum Gasteiger partial charge on any atom is -0.399 e. The Morgan fingerprint density at radius 3 is 2.12 bits per heavy atom. The van der Waals surface area contributed by atoms with Gasteiger partial charge < -0.3 is 5.73 Å². The Balaban J connectivity index is 2.74. The SMILES string of the molecule is CCC(CC)CSc1c(F)cc(N)cc1F. The number of nitrogens with two attached hydrogens (primary N) is 1. The highest BCUT2D eigenvalue weighted by atomic mass is 32.2. The Morgan fingerprint density at radius 2 is 1.69 bits per heavy atom. The highest BCUT2D eigenvalue weighted by molar-refractivity contribution is 7.99. The van der Waals surface area contributed by atoms with Crippen molar-refractivity contribution in [3.8, 4) is 0 Å². The van der Waals surface area contributed by atoms with Crippen LogP contribution in [0.5, 0.6) is 0 Å². The zero-order valence-corrected chi connectivity index (χ0v) is 10.4. The van der Waals surface area contributed by atoms with Crippen molar-refractivity contribution >= 4 is 17.4 Å². The van der Waals surface area contributed by atoms with Crippen molar-refractivity contribution in [3.63, 3.8) is 0 Å². The van der Waals surface area contributed by atoms with Crippen LogP contribution in [0.2, 0.25) is 0 Å². The molecule has 4 heteroatoms. The molecule has 0 fully saturated rings. The molecule has 0 saturated heterocycles. The highest BCUT2D eigenvalue weighted by Gasteiger charge is 2.13. The van der Waals surface area contributed by atoms with Crippen molar-refractivity contribution in [2.75, 3.05) is 11.5 Å². The highest BCUT2D eigenvalue weighted by Crippen LogP contribution is 2.29. The van der Waals surface area contributed by atoms with E-state index in [-0.39, 0.29) is 10.6 Å². The smallest absolute Gasteiger partial charge is 0.141 e. The quantitative estimate of drug-likeness (QED) is 0.625. The molecule has 0 spiro atoms. The molecule has 0 bridgehead atoms. The van der Waals surface area contributed by atoms with Gasteiger partial charge in [0.25, 0.3) is 0 Å². The zero-order chi connectivity index (χ0) is 12.1. The van der Waals surface area contributed by atoms with Gasteiger partial charge in [-0.1, -0.05) is 26.7 Å². The van der Waals surface area contributed by atoms with Crippen molar-refractivity contribution in [3.05, 3.63) is 23.8 Å². The van der Waals surface area contributed by atoms with Crippen LogP contribution in [0.25, 0.3) is 0 Å². The third-order valence-electron chi connectivity index (χ3n) is 2.64. The van der Waals surface area contributed by atoms with Gasteiger partial charge in [-0.15, -0.1) is 11.8 Å². The summed E-state index contributed by atoms with van der Waals surface area (Å²) < 4.78 is 26.9. The molecule has 90 valence electrons. The van der Waals surface area contributed by atoms with Crippen LogP contribution in [-0.4, -0.2) is 5.75 Å². The Bertz CT molecular complexity index is 328. The third-order valence-corrected chi connectivity index (χ3v) is 3.96. The van der Waals surface area contributed by atoms with Gasteiger partial charge in [-0.2, -0.15) is 0 Å². The van der Waals surface area contributed by atoms with Gasteiger partial charge in [-0.25, -0.2) is 8.78 Å². The molecule has 16 heavy (non-hydrogen) atoms. The fourth-order valence-electron chi connectivity index (χ4n) is 1.44. The van der Waals surface area contributed by atoms with Gasteiger partial charge in [-0.3, -0.25) is 0 Å². The largest absolute Gasteiger partial charge is 0.399 e. The van der Waals surface area contributed by atoms with Crippen LogP contribution in [0, 0.1) is 17.6 Å². The lowest BCUT2D eigenvalue weighted by atomic mass is 10.1. The summed E-state index contributed by atoms with van der Waals surface area (Å²) in [5.74, 6) is 0.119. The minimum absolute atomic E-state index is 0.0844. The number of halogens is 2. The van der Waals surface area contributed by atoms with Gasteiger partial charge in [-0.05, 0) is 18.1 Å². The first-order chi connectivity index (χ1) is 7.58. The molecule has 0 aliphatic heterocycles. The maximum atomic E-state index is 13.4. The van der Waals surface area contributed by atoms with Crippen molar-refractivity contribution in [1.82, 2.24) is 0 Å². The number of thioether (sulfide) groups is 1. The van der Waals surface area contributed by atoms with Crippen LogP contribution in [0.4, 0.5) is 14.5 Å². The van der Waals surface area contributed by atoms with Crippen molar-refractivity contribution in [1.29, 1.82) is 0 Å². The second-order valence-electron chi connectivity index (χ2n) is 3.81. The number of hydrogen-bond acceptors (Lipinski definition) is 2. The number of nitrogen functional groups attached to an aromatic ring is 1. The third kappa shape index (κ3) is 3.37. The Labute approximate surface area is 99.4 Å². The molecular formula is C12H17F2NS. The van der Waals surface area contributed by atoms with Gasteiger partial charge in [0.2, 0.25) is 0 Å². The zero-order valence-electron chi connectivity index (χ0n) is 9.59. The summed E-state index contributed by atoms with van der Waals surface area (Å²) in [6, 6.07) is 2.33. The van der Waals surface area contributed by atoms with E-state index in [0.717, 1.165) is 30.7 Å². The summed E-state index contributed by atoms with van der Waals surface area (Å²) in [5.41, 5.74) is 5.47. The van der Waals surface area contributed by atoms with E-state index in [1.54, 1.807) is 0 Å². The van der Waals surface area contributed by atoms with Gasteiger partial charge in [0, 0.05) is 11.4 Å². The van der Waals surface area contributed by atoms with Gasteiger partial charge in [0.15, 0.2) is 0 Å². The molecule has 0 aromatic heterocycles. The van der Waals surface area contributed by atoms with Gasteiger partial charge in [0.1, 0.15) is 11.6 Å². The summed E-state index contributed by atoms with van der Waals surface area (Å²) in [7, 11) is 0. The Morgan fingerprint density at radius 1 is 1.19 bits per heavy atom. The first kappa shape index (κ1) is 13.3. The van der Waals surface area contributed by atoms with Crippen molar-refractivity contribution in [2.45, 2.75) is 31.6 Å². The molecule has 0 unspecified atom stereocenters. The van der Waals surface area contributed by atoms with E-state index >= 15 is 0 Å². The predicted molar refractivity (Wildman–Crippen MR) is 65.6 cm³/mol. The number of rotatable bonds is 5. The maximum absolute atomic E-state index is 13.4. The summed E-state index contributed by atoms with van der Waals surface area (Å²) in [6.45, 7) is 4.18. The van der Waals surface area contributed by atoms with Gasteiger partial charge in [0.05, 0.1) is 4.90 Å². The molecule has 0 aliphatic rings. The molecule has 1 nitrogen and oxygen atoms in total. The van der Waals surface area contributed by atoms with E-state index in [2.05, 4.69) is 13.8 Å². The lowest BCUT2D eigenvalue weighted by Gasteiger charge is -2.12. The lowest BCUT2D eigenvalue weighted by molar-refractivity contribution is 0.535. The Kier molecular flexibility index (Phi) is 5.06. The summed E-state index contributed by atoms with van der Waals surface area (Å²) in [5, 5.41) is 0. The fourth-order valence-corrected chi connectivity index (χ4v) is 2.71. The normalized spacial score (nSPS) is 11.1. The molecule has 0 heterocycles. The molecule has 0 aliphatic carbocycles. The first-order valence-corrected chi connectivity index (χ1v) is 6.44. The van der Waals surface area contributed by atoms with E-state index in [0.29, 0.717) is 5.92 Å². The van der Waals surface area contributed by atoms with Crippen molar-refractivity contribution in [2.24, 2.45) is 5.92 Å². The van der Waals surface area contributed by atoms with Crippen molar-refractivity contribution < 1.29 is 8.78 Å². The van der Waals surface area contributed by atoms with Crippen LogP contribution in [0.15, 0.2) is 17.0 Å². The second kappa shape index (κ2) is 6.09. The first-order valence-electron chi connectivity index (χ1n) is 5.45. The summed E-state index contributed by atoms with van der Waals surface area (Å²) >= 11 is 1.23. The minimum atomic E-state index is -0.562. The van der Waals surface area contributed by atoms with Gasteiger partial charge >= 0.3 is 0 Å². The molecule has 1 aromatic carbocycles. The number of benzene rings is 1. The average molecular weight is 245 g/mol. The van der Waals surface area contributed by atoms with E-state index in [4.69, 9.17) is 5.73 Å². The van der Waals surface area contributed by atoms with Crippen LogP contribution >= 0.6 is 11.8 Å². The molecule has 0 amide bonds. The maximum Gasteiger partial charge on any atom is 0.141 e. The van der Waals surface area contributed by atoms with E-state index < -0.39 is 11.6 Å². The topological polar surface area (TPSA) is 26.0 Å². The molecule has 1 aromatic rings. The van der Waals surface area contributed by atoms with E-state index in [1.165, 1.54) is 11.8 Å². The predicted octanol–water partition coefficient (Wildman–Crippen LogP) is 4.08. The molecular weight excluding hydrogens is 228 g/mol. The molecule has 0 radical (unpaired) electrons. The molecule has 1 rings (SSSR count). The summed E-state index contributed by atoms with van der Waals surface area (Å²) in [6.07, 6.45) is 2.06. The fraction of sp³-hybridized carbons (Fsp3) is 0.500. The second-order valence-corrected chi connectivity index (χ2v) is 4.84. The Hall–Kier alpha value is -0.770. The summed E-state index contributed by atoms with van der Waals surface area (Å²) in [4.78, 5) is 0.0844. The number of anilines is 1. The molecule has 0 saturated carbocycles. The lowest BCUT2D eigenvalue weighted by Crippen LogP contribution is -2.01. The van der Waals surface area contributed by atoms with E-state index in [9.17, 15) is 8.78 Å². The molecule has 0 atom stereocenters. The van der Waals surface area contributed by atoms with Crippen LogP contribution in [-0.2, 0) is 0 Å². The van der Waals surface area contributed by atoms with E-state index in [1.807, 2.05) is 0 Å². The average Bonchev–Trinajstić information content (AvgIpc) is 2.22. The standard InChI is InChI=1S/C12H17F2NS/c1-3-8(4-2)7-16-12-10(13)5-9(15)6-11(12)14/h5-6,8H,3-4,7,15H2,1-2H3. The van der Waals surface area contributed by atoms with Crippen LogP contribution in [0.1, 0.15) is 26.7 Å². The number of hydrogen-bond donors (Lipinski definition) is 1. The van der Waals surface area contributed by atoms with Crippen LogP contribution < -0.4 is 5.73 Å².